The Bertz CT molecular complexity index is 687. The van der Waals surface area contributed by atoms with E-state index in [9.17, 15) is 14.4 Å². The molecular formula is C17H24N2O4. The summed E-state index contributed by atoms with van der Waals surface area (Å²) in [5.74, 6) is -0.864. The van der Waals surface area contributed by atoms with Crippen LogP contribution in [-0.4, -0.2) is 39.4 Å². The number of pyridine rings is 1. The minimum Gasteiger partial charge on any atom is -0.458 e. The van der Waals surface area contributed by atoms with E-state index in [1.807, 2.05) is 0 Å². The Kier molecular flexibility index (Phi) is 4.37. The lowest BCUT2D eigenvalue weighted by Crippen LogP contribution is -2.53. The molecule has 1 amide bonds. The summed E-state index contributed by atoms with van der Waals surface area (Å²) in [6.45, 7) is 9.26. The van der Waals surface area contributed by atoms with Crippen LogP contribution in [0.1, 0.15) is 56.6 Å². The molecule has 1 aliphatic heterocycles. The number of rotatable bonds is 2. The van der Waals surface area contributed by atoms with E-state index < -0.39 is 23.0 Å². The molecular weight excluding hydrogens is 296 g/mol. The number of hydrogen-bond donors (Lipinski definition) is 1. The summed E-state index contributed by atoms with van der Waals surface area (Å²) in [5, 5.41) is 0. The van der Waals surface area contributed by atoms with Gasteiger partial charge in [-0.2, -0.15) is 0 Å². The molecule has 126 valence electrons. The van der Waals surface area contributed by atoms with Crippen LogP contribution in [0.2, 0.25) is 0 Å². The molecule has 1 fully saturated rings. The fraction of sp³-hybridized carbons (Fsp3) is 0.588. The predicted molar refractivity (Wildman–Crippen MR) is 86.3 cm³/mol. The van der Waals surface area contributed by atoms with Gasteiger partial charge in [-0.25, -0.2) is 4.79 Å². The molecule has 1 aliphatic rings. The number of aromatic amines is 1. The minimum absolute atomic E-state index is 0.0484. The van der Waals surface area contributed by atoms with Gasteiger partial charge in [0.2, 0.25) is 0 Å². The van der Waals surface area contributed by atoms with Crippen molar-refractivity contribution in [2.45, 2.75) is 58.6 Å². The highest BCUT2D eigenvalue weighted by Crippen LogP contribution is 2.32. The van der Waals surface area contributed by atoms with Crippen molar-refractivity contribution in [2.24, 2.45) is 0 Å². The van der Waals surface area contributed by atoms with E-state index in [0.717, 1.165) is 0 Å². The summed E-state index contributed by atoms with van der Waals surface area (Å²) >= 11 is 0. The first-order valence-corrected chi connectivity index (χ1v) is 7.79. The maximum Gasteiger partial charge on any atom is 0.332 e. The van der Waals surface area contributed by atoms with E-state index >= 15 is 0 Å². The fourth-order valence-electron chi connectivity index (χ4n) is 2.77. The molecule has 0 aliphatic carbocycles. The molecule has 0 radical (unpaired) electrons. The molecule has 2 heterocycles. The van der Waals surface area contributed by atoms with Crippen LogP contribution in [0.4, 0.5) is 0 Å². The Labute approximate surface area is 135 Å². The SMILES string of the molecule is Cc1cc(=O)c(C(=O)N2CCCC2(C)C(=O)OC(C)(C)C)c[nH]1. The molecule has 0 aromatic carbocycles. The average Bonchev–Trinajstić information content (AvgIpc) is 2.79. The summed E-state index contributed by atoms with van der Waals surface area (Å²) in [6.07, 6.45) is 2.64. The van der Waals surface area contributed by atoms with Crippen molar-refractivity contribution in [3.63, 3.8) is 0 Å². The zero-order valence-corrected chi connectivity index (χ0v) is 14.4. The fourth-order valence-corrected chi connectivity index (χ4v) is 2.77. The van der Waals surface area contributed by atoms with Crippen molar-refractivity contribution >= 4 is 11.9 Å². The second-order valence-corrected chi connectivity index (χ2v) is 7.23. The van der Waals surface area contributed by atoms with Gasteiger partial charge >= 0.3 is 5.97 Å². The van der Waals surface area contributed by atoms with Crippen LogP contribution >= 0.6 is 0 Å². The highest BCUT2D eigenvalue weighted by atomic mass is 16.6. The van der Waals surface area contributed by atoms with E-state index in [4.69, 9.17) is 4.74 Å². The number of likely N-dealkylation sites (tertiary alicyclic amines) is 1. The van der Waals surface area contributed by atoms with Gasteiger partial charge in [0, 0.05) is 24.5 Å². The Morgan fingerprint density at radius 1 is 1.35 bits per heavy atom. The molecule has 23 heavy (non-hydrogen) atoms. The van der Waals surface area contributed by atoms with Crippen molar-refractivity contribution in [1.29, 1.82) is 0 Å². The second kappa shape index (κ2) is 5.83. The lowest BCUT2D eigenvalue weighted by molar-refractivity contribution is -0.165. The smallest absolute Gasteiger partial charge is 0.332 e. The van der Waals surface area contributed by atoms with Crippen molar-refractivity contribution in [3.8, 4) is 0 Å². The topological polar surface area (TPSA) is 79.5 Å². The number of carbonyl (C=O) groups excluding carboxylic acids is 2. The van der Waals surface area contributed by atoms with E-state index in [1.165, 1.54) is 17.2 Å². The standard InChI is InChI=1S/C17H24N2O4/c1-11-9-13(20)12(10-18-11)14(21)19-8-6-7-17(19,5)15(22)23-16(2,3)4/h9-10H,6-8H2,1-5H3,(H,18,20). The van der Waals surface area contributed by atoms with Gasteiger partial charge in [0.1, 0.15) is 16.7 Å². The minimum atomic E-state index is -1.04. The molecule has 1 atom stereocenters. The van der Waals surface area contributed by atoms with Crippen LogP contribution in [0.5, 0.6) is 0 Å². The number of carbonyl (C=O) groups is 2. The normalized spacial score (nSPS) is 21.3. The van der Waals surface area contributed by atoms with Crippen molar-refractivity contribution in [2.75, 3.05) is 6.54 Å². The molecule has 0 spiro atoms. The van der Waals surface area contributed by atoms with Gasteiger partial charge in [0.05, 0.1) is 0 Å². The monoisotopic (exact) mass is 320 g/mol. The number of esters is 1. The Balaban J connectivity index is 2.32. The van der Waals surface area contributed by atoms with Crippen molar-refractivity contribution < 1.29 is 14.3 Å². The summed E-state index contributed by atoms with van der Waals surface area (Å²) in [4.78, 5) is 41.7. The Hall–Kier alpha value is -2.11. The second-order valence-electron chi connectivity index (χ2n) is 7.23. The molecule has 1 N–H and O–H groups in total. The zero-order chi connectivity index (χ0) is 17.4. The highest BCUT2D eigenvalue weighted by Gasteiger charge is 2.48. The van der Waals surface area contributed by atoms with Gasteiger partial charge in [0.15, 0.2) is 5.43 Å². The van der Waals surface area contributed by atoms with Gasteiger partial charge in [-0.1, -0.05) is 0 Å². The molecule has 0 saturated carbocycles. The summed E-state index contributed by atoms with van der Waals surface area (Å²) in [7, 11) is 0. The predicted octanol–water partition coefficient (Wildman–Crippen LogP) is 2.02. The summed E-state index contributed by atoms with van der Waals surface area (Å²) in [6, 6.07) is 1.38. The van der Waals surface area contributed by atoms with Crippen LogP contribution in [-0.2, 0) is 9.53 Å². The van der Waals surface area contributed by atoms with Crippen molar-refractivity contribution in [3.05, 3.63) is 33.7 Å². The maximum atomic E-state index is 12.8. The molecule has 1 aromatic heterocycles. The van der Waals surface area contributed by atoms with E-state index in [1.54, 1.807) is 34.6 Å². The Morgan fingerprint density at radius 2 is 2.00 bits per heavy atom. The third-order valence-electron chi connectivity index (χ3n) is 4.01. The van der Waals surface area contributed by atoms with Gasteiger partial charge < -0.3 is 14.6 Å². The zero-order valence-electron chi connectivity index (χ0n) is 14.4. The first-order valence-electron chi connectivity index (χ1n) is 7.79. The number of H-pyrrole nitrogens is 1. The van der Waals surface area contributed by atoms with Crippen LogP contribution in [0.25, 0.3) is 0 Å². The first kappa shape index (κ1) is 17.2. The third kappa shape index (κ3) is 3.46. The quantitative estimate of drug-likeness (QED) is 0.846. The molecule has 6 heteroatoms. The first-order chi connectivity index (χ1) is 10.5. The number of amides is 1. The van der Waals surface area contributed by atoms with Crippen LogP contribution < -0.4 is 5.43 Å². The molecule has 1 aromatic rings. The van der Waals surface area contributed by atoms with Gasteiger partial charge in [-0.3, -0.25) is 9.59 Å². The van der Waals surface area contributed by atoms with Gasteiger partial charge in [-0.05, 0) is 47.5 Å². The number of aryl methyl sites for hydroxylation is 1. The van der Waals surface area contributed by atoms with Gasteiger partial charge in [-0.15, -0.1) is 0 Å². The number of nitrogens with zero attached hydrogens (tertiary/aromatic N) is 1. The number of ether oxygens (including phenoxy) is 1. The summed E-state index contributed by atoms with van der Waals surface area (Å²) in [5.41, 5.74) is -1.28. The number of nitrogens with one attached hydrogen (secondary N) is 1. The lowest BCUT2D eigenvalue weighted by Gasteiger charge is -2.35. The van der Waals surface area contributed by atoms with E-state index in [2.05, 4.69) is 4.98 Å². The molecule has 1 unspecified atom stereocenters. The molecule has 0 bridgehead atoms. The maximum absolute atomic E-state index is 12.8. The molecule has 2 rings (SSSR count). The van der Waals surface area contributed by atoms with Crippen LogP contribution in [0.15, 0.2) is 17.1 Å². The van der Waals surface area contributed by atoms with Crippen molar-refractivity contribution in [1.82, 2.24) is 9.88 Å². The van der Waals surface area contributed by atoms with Gasteiger partial charge in [0.25, 0.3) is 5.91 Å². The Morgan fingerprint density at radius 3 is 2.57 bits per heavy atom. The average molecular weight is 320 g/mol. The largest absolute Gasteiger partial charge is 0.458 e. The molecule has 1 saturated heterocycles. The van der Waals surface area contributed by atoms with Crippen LogP contribution in [0.3, 0.4) is 0 Å². The molecule has 6 nitrogen and oxygen atoms in total. The van der Waals surface area contributed by atoms with E-state index in [-0.39, 0.29) is 11.0 Å². The third-order valence-corrected chi connectivity index (χ3v) is 4.01. The van der Waals surface area contributed by atoms with E-state index in [0.29, 0.717) is 25.1 Å². The highest BCUT2D eigenvalue weighted by molar-refractivity contribution is 5.98. The lowest BCUT2D eigenvalue weighted by atomic mass is 9.98. The summed E-state index contributed by atoms with van der Waals surface area (Å²) < 4.78 is 5.47. The number of aromatic nitrogens is 1. The number of hydrogen-bond acceptors (Lipinski definition) is 4. The van der Waals surface area contributed by atoms with Crippen LogP contribution in [0, 0.1) is 6.92 Å².